The monoisotopic (exact) mass is 369 g/mol. The molecule has 0 bridgehead atoms. The van der Waals surface area contributed by atoms with Gasteiger partial charge in [-0.25, -0.2) is 9.98 Å². The lowest BCUT2D eigenvalue weighted by molar-refractivity contribution is 0.251. The van der Waals surface area contributed by atoms with Gasteiger partial charge in [0, 0.05) is 32.7 Å². The van der Waals surface area contributed by atoms with Crippen molar-refractivity contribution < 1.29 is 4.42 Å². The molecule has 0 unspecified atom stereocenters. The van der Waals surface area contributed by atoms with Gasteiger partial charge >= 0.3 is 0 Å². The summed E-state index contributed by atoms with van der Waals surface area (Å²) in [7, 11) is 0. The van der Waals surface area contributed by atoms with Crippen LogP contribution in [0.4, 0.5) is 0 Å². The highest BCUT2D eigenvalue weighted by molar-refractivity contribution is 5.79. The number of aromatic nitrogens is 1. The van der Waals surface area contributed by atoms with E-state index in [0.29, 0.717) is 12.4 Å². The van der Waals surface area contributed by atoms with Crippen molar-refractivity contribution in [1.82, 2.24) is 20.5 Å². The molecule has 0 saturated carbocycles. The molecule has 1 aliphatic rings. The van der Waals surface area contributed by atoms with Crippen LogP contribution in [0.15, 0.2) is 33.7 Å². The molecule has 0 spiro atoms. The van der Waals surface area contributed by atoms with Crippen LogP contribution in [-0.2, 0) is 19.5 Å². The average molecular weight is 370 g/mol. The molecule has 27 heavy (non-hydrogen) atoms. The molecule has 3 rings (SSSR count). The predicted octanol–water partition coefficient (Wildman–Crippen LogP) is 2.79. The van der Waals surface area contributed by atoms with Crippen LogP contribution in [0.2, 0.25) is 0 Å². The van der Waals surface area contributed by atoms with Crippen LogP contribution < -0.4 is 10.6 Å². The number of nitrogens with zero attached hydrogens (tertiary/aromatic N) is 3. The minimum Gasteiger partial charge on any atom is -0.444 e. The van der Waals surface area contributed by atoms with Gasteiger partial charge in [0.25, 0.3) is 0 Å². The molecule has 6 heteroatoms. The molecule has 2 aromatic rings. The number of aryl methyl sites for hydroxylation is 2. The Bertz CT molecular complexity index is 748. The van der Waals surface area contributed by atoms with E-state index < -0.39 is 0 Å². The lowest BCUT2D eigenvalue weighted by Crippen LogP contribution is -2.39. The number of fused-ring (bicyclic) bond motifs is 1. The van der Waals surface area contributed by atoms with E-state index in [0.717, 1.165) is 63.0 Å². The Balaban J connectivity index is 1.42. The smallest absolute Gasteiger partial charge is 0.216 e. The molecule has 0 amide bonds. The lowest BCUT2D eigenvalue weighted by atomic mass is 10.00. The Morgan fingerprint density at radius 1 is 1.22 bits per heavy atom. The molecule has 1 aromatic heterocycles. The molecule has 2 N–H and O–H groups in total. The topological polar surface area (TPSA) is 65.7 Å². The van der Waals surface area contributed by atoms with Crippen molar-refractivity contribution in [2.24, 2.45) is 4.99 Å². The largest absolute Gasteiger partial charge is 0.444 e. The molecule has 0 atom stereocenters. The second kappa shape index (κ2) is 9.55. The van der Waals surface area contributed by atoms with Crippen molar-refractivity contribution in [3.8, 4) is 0 Å². The van der Waals surface area contributed by atoms with Gasteiger partial charge in [-0.1, -0.05) is 24.3 Å². The summed E-state index contributed by atoms with van der Waals surface area (Å²) in [6, 6.07) is 8.78. The third-order valence-corrected chi connectivity index (χ3v) is 4.94. The van der Waals surface area contributed by atoms with Crippen LogP contribution in [0, 0.1) is 13.8 Å². The van der Waals surface area contributed by atoms with Gasteiger partial charge in [0.1, 0.15) is 12.3 Å². The van der Waals surface area contributed by atoms with Gasteiger partial charge in [0.2, 0.25) is 5.89 Å². The second-order valence-corrected chi connectivity index (χ2v) is 7.02. The van der Waals surface area contributed by atoms with Crippen LogP contribution >= 0.6 is 0 Å². The summed E-state index contributed by atoms with van der Waals surface area (Å²) in [6.07, 6.45) is 2.24. The maximum Gasteiger partial charge on any atom is 0.216 e. The molecule has 1 aliphatic heterocycles. The summed E-state index contributed by atoms with van der Waals surface area (Å²) in [5, 5.41) is 6.70. The number of nitrogens with one attached hydrogen (secondary N) is 2. The van der Waals surface area contributed by atoms with Gasteiger partial charge in [-0.15, -0.1) is 0 Å². The standard InChI is InChI=1S/C21H31N5O/c1-4-22-21(24-14-20-25-16(2)17(3)27-20)23-11-7-12-26-13-10-18-8-5-6-9-19(18)15-26/h5-6,8-9H,4,7,10-15H2,1-3H3,(H2,22,23,24). The van der Waals surface area contributed by atoms with E-state index in [4.69, 9.17) is 4.42 Å². The Morgan fingerprint density at radius 2 is 2.04 bits per heavy atom. The fourth-order valence-corrected chi connectivity index (χ4v) is 3.35. The van der Waals surface area contributed by atoms with Crippen LogP contribution in [-0.4, -0.2) is 42.0 Å². The zero-order valence-electron chi connectivity index (χ0n) is 16.7. The van der Waals surface area contributed by atoms with Crippen LogP contribution in [0.5, 0.6) is 0 Å². The van der Waals surface area contributed by atoms with Gasteiger partial charge in [-0.3, -0.25) is 4.90 Å². The summed E-state index contributed by atoms with van der Waals surface area (Å²) in [6.45, 7) is 11.4. The van der Waals surface area contributed by atoms with Gasteiger partial charge < -0.3 is 15.1 Å². The Hall–Kier alpha value is -2.34. The van der Waals surface area contributed by atoms with Crippen LogP contribution in [0.1, 0.15) is 41.8 Å². The van der Waals surface area contributed by atoms with Crippen LogP contribution in [0.25, 0.3) is 0 Å². The van der Waals surface area contributed by atoms with Crippen molar-refractivity contribution >= 4 is 5.96 Å². The van der Waals surface area contributed by atoms with Crippen molar-refractivity contribution in [3.63, 3.8) is 0 Å². The van der Waals surface area contributed by atoms with Crippen molar-refractivity contribution in [2.75, 3.05) is 26.2 Å². The number of rotatable bonds is 7. The second-order valence-electron chi connectivity index (χ2n) is 7.02. The number of oxazole rings is 1. The number of guanidine groups is 1. The summed E-state index contributed by atoms with van der Waals surface area (Å²) in [5.74, 6) is 2.34. The zero-order chi connectivity index (χ0) is 19.1. The summed E-state index contributed by atoms with van der Waals surface area (Å²) in [5.41, 5.74) is 3.91. The van der Waals surface area contributed by atoms with E-state index >= 15 is 0 Å². The van der Waals surface area contributed by atoms with Crippen molar-refractivity contribution in [1.29, 1.82) is 0 Å². The van der Waals surface area contributed by atoms with Crippen molar-refractivity contribution in [3.05, 3.63) is 52.7 Å². The first-order valence-corrected chi connectivity index (χ1v) is 9.90. The molecule has 0 fully saturated rings. The summed E-state index contributed by atoms with van der Waals surface area (Å²) in [4.78, 5) is 11.5. The number of aliphatic imine (C=N–C) groups is 1. The van der Waals surface area contributed by atoms with E-state index in [1.807, 2.05) is 13.8 Å². The van der Waals surface area contributed by atoms with Crippen LogP contribution in [0.3, 0.4) is 0 Å². The highest BCUT2D eigenvalue weighted by Crippen LogP contribution is 2.18. The number of benzene rings is 1. The maximum absolute atomic E-state index is 5.60. The molecule has 2 heterocycles. The first kappa shape index (κ1) is 19.4. The SMILES string of the molecule is CCNC(=NCc1nc(C)c(C)o1)NCCCN1CCc2ccccc2C1. The van der Waals surface area contributed by atoms with Gasteiger partial charge in [-0.05, 0) is 44.7 Å². The average Bonchev–Trinajstić information content (AvgIpc) is 3.00. The quantitative estimate of drug-likeness (QED) is 0.446. The van der Waals surface area contributed by atoms with E-state index in [1.165, 1.54) is 11.1 Å². The zero-order valence-corrected chi connectivity index (χ0v) is 16.7. The van der Waals surface area contributed by atoms with Gasteiger partial charge in [0.15, 0.2) is 5.96 Å². The predicted molar refractivity (Wildman–Crippen MR) is 109 cm³/mol. The highest BCUT2D eigenvalue weighted by Gasteiger charge is 2.14. The molecule has 0 saturated heterocycles. The third kappa shape index (κ3) is 5.57. The van der Waals surface area contributed by atoms with Gasteiger partial charge in [-0.2, -0.15) is 0 Å². The van der Waals surface area contributed by atoms with Crippen molar-refractivity contribution in [2.45, 2.75) is 46.7 Å². The number of hydrogen-bond acceptors (Lipinski definition) is 4. The summed E-state index contributed by atoms with van der Waals surface area (Å²) < 4.78 is 5.60. The van der Waals surface area contributed by atoms with Gasteiger partial charge in [0.05, 0.1) is 5.69 Å². The van der Waals surface area contributed by atoms with E-state index in [2.05, 4.69) is 56.7 Å². The van der Waals surface area contributed by atoms with E-state index in [9.17, 15) is 0 Å². The van der Waals surface area contributed by atoms with E-state index in [-0.39, 0.29) is 0 Å². The third-order valence-electron chi connectivity index (χ3n) is 4.94. The molecule has 146 valence electrons. The fraction of sp³-hybridized carbons (Fsp3) is 0.524. The molecule has 6 nitrogen and oxygen atoms in total. The molecular weight excluding hydrogens is 338 g/mol. The van der Waals surface area contributed by atoms with E-state index in [1.54, 1.807) is 0 Å². The Morgan fingerprint density at radius 3 is 2.78 bits per heavy atom. The number of hydrogen-bond donors (Lipinski definition) is 2. The summed E-state index contributed by atoms with van der Waals surface area (Å²) >= 11 is 0. The molecule has 0 aliphatic carbocycles. The first-order chi connectivity index (χ1) is 13.2. The minimum atomic E-state index is 0.451. The first-order valence-electron chi connectivity index (χ1n) is 9.90. The Kier molecular flexibility index (Phi) is 6.87. The minimum absolute atomic E-state index is 0.451. The lowest BCUT2D eigenvalue weighted by Gasteiger charge is -2.28. The maximum atomic E-state index is 5.60. The molecule has 1 aromatic carbocycles. The fourth-order valence-electron chi connectivity index (χ4n) is 3.35. The normalized spacial score (nSPS) is 14.9. The molecule has 0 radical (unpaired) electrons. The Labute approximate surface area is 162 Å². The molecular formula is C21H31N5O. The highest BCUT2D eigenvalue weighted by atomic mass is 16.4.